The Labute approximate surface area is 376 Å². The normalized spacial score (nSPS) is 17.0. The van der Waals surface area contributed by atoms with Gasteiger partial charge in [0, 0.05) is 17.1 Å². The molecule has 0 spiro atoms. The van der Waals surface area contributed by atoms with Crippen LogP contribution in [0.5, 0.6) is 0 Å². The van der Waals surface area contributed by atoms with E-state index in [1.807, 2.05) is 0 Å². The first-order valence-corrected chi connectivity index (χ1v) is 23.3. The average Bonchev–Trinajstić information content (AvgIpc) is 3.27. The molecular formula is C62H63N. The van der Waals surface area contributed by atoms with Gasteiger partial charge in [-0.15, -0.1) is 0 Å². The summed E-state index contributed by atoms with van der Waals surface area (Å²) < 4.78 is 0. The fourth-order valence-corrected chi connectivity index (χ4v) is 11.2. The Morgan fingerprint density at radius 1 is 0.333 bits per heavy atom. The Kier molecular flexibility index (Phi) is 9.68. The van der Waals surface area contributed by atoms with E-state index in [4.69, 9.17) is 0 Å². The van der Waals surface area contributed by atoms with Crippen LogP contribution in [-0.4, -0.2) is 0 Å². The van der Waals surface area contributed by atoms with E-state index in [1.54, 1.807) is 0 Å². The maximum Gasteiger partial charge on any atom is 0.0462 e. The van der Waals surface area contributed by atoms with E-state index in [0.29, 0.717) is 0 Å². The largest absolute Gasteiger partial charge is 0.311 e. The number of aryl methyl sites for hydroxylation is 2. The second-order valence-electron chi connectivity index (χ2n) is 21.6. The van der Waals surface area contributed by atoms with Gasteiger partial charge in [-0.2, -0.15) is 0 Å². The minimum absolute atomic E-state index is 0.159. The molecule has 8 aromatic rings. The monoisotopic (exact) mass is 821 g/mol. The second kappa shape index (κ2) is 14.8. The maximum absolute atomic E-state index is 2.51. The molecule has 0 atom stereocenters. The van der Waals surface area contributed by atoms with Gasteiger partial charge in [-0.3, -0.25) is 0 Å². The van der Waals surface area contributed by atoms with E-state index in [9.17, 15) is 0 Å². The quantitative estimate of drug-likeness (QED) is 0.151. The predicted octanol–water partition coefficient (Wildman–Crippen LogP) is 17.8. The van der Waals surface area contributed by atoms with Crippen LogP contribution < -0.4 is 4.90 Å². The van der Waals surface area contributed by atoms with E-state index in [1.165, 1.54) is 114 Å². The van der Waals surface area contributed by atoms with E-state index < -0.39 is 0 Å². The van der Waals surface area contributed by atoms with Crippen LogP contribution in [0.2, 0.25) is 0 Å². The summed E-state index contributed by atoms with van der Waals surface area (Å²) in [5, 5.41) is 5.13. The molecule has 0 saturated heterocycles. The van der Waals surface area contributed by atoms with E-state index in [0.717, 1.165) is 17.1 Å². The molecule has 0 aromatic heterocycles. The first-order valence-electron chi connectivity index (χ1n) is 23.3. The van der Waals surface area contributed by atoms with Crippen molar-refractivity contribution in [2.24, 2.45) is 0 Å². The second-order valence-corrected chi connectivity index (χ2v) is 21.6. The van der Waals surface area contributed by atoms with Crippen LogP contribution in [0.3, 0.4) is 0 Å². The molecule has 0 aliphatic heterocycles. The summed E-state index contributed by atoms with van der Waals surface area (Å²) in [5.74, 6) is 0. The minimum Gasteiger partial charge on any atom is -0.311 e. The van der Waals surface area contributed by atoms with Crippen LogP contribution in [0, 0.1) is 13.8 Å². The smallest absolute Gasteiger partial charge is 0.0462 e. The number of hydrogen-bond donors (Lipinski definition) is 0. The number of benzene rings is 8. The van der Waals surface area contributed by atoms with Gasteiger partial charge in [0.05, 0.1) is 0 Å². The third-order valence-electron chi connectivity index (χ3n) is 15.5. The summed E-state index contributed by atoms with van der Waals surface area (Å²) in [6.07, 6.45) is 4.86. The highest BCUT2D eigenvalue weighted by molar-refractivity contribution is 6.13. The molecule has 10 rings (SSSR count). The predicted molar refractivity (Wildman–Crippen MR) is 272 cm³/mol. The van der Waals surface area contributed by atoms with Crippen LogP contribution in [-0.2, 0) is 21.7 Å². The van der Waals surface area contributed by atoms with Crippen molar-refractivity contribution in [1.82, 2.24) is 0 Å². The lowest BCUT2D eigenvalue weighted by Crippen LogP contribution is -2.34. The van der Waals surface area contributed by atoms with Crippen LogP contribution in [0.1, 0.15) is 114 Å². The molecule has 0 radical (unpaired) electrons. The highest BCUT2D eigenvalue weighted by Gasteiger charge is 2.39. The van der Waals surface area contributed by atoms with Crippen molar-refractivity contribution in [3.63, 3.8) is 0 Å². The Balaban J connectivity index is 1.06. The first kappa shape index (κ1) is 41.1. The Bertz CT molecular complexity index is 2920. The zero-order chi connectivity index (χ0) is 44.1. The topological polar surface area (TPSA) is 3.24 Å². The van der Waals surface area contributed by atoms with Crippen molar-refractivity contribution in [1.29, 1.82) is 0 Å². The number of nitrogens with zero attached hydrogens (tertiary/aromatic N) is 1. The van der Waals surface area contributed by atoms with Crippen molar-refractivity contribution in [2.45, 2.75) is 117 Å². The van der Waals surface area contributed by atoms with Gasteiger partial charge in [0.25, 0.3) is 0 Å². The van der Waals surface area contributed by atoms with Crippen molar-refractivity contribution in [3.05, 3.63) is 185 Å². The number of hydrogen-bond acceptors (Lipinski definition) is 1. The summed E-state index contributed by atoms with van der Waals surface area (Å²) >= 11 is 0. The Morgan fingerprint density at radius 3 is 1.08 bits per heavy atom. The molecule has 63 heavy (non-hydrogen) atoms. The summed E-state index contributed by atoms with van der Waals surface area (Å²) in [5.41, 5.74) is 20.5. The van der Waals surface area contributed by atoms with Crippen molar-refractivity contribution in [3.8, 4) is 33.4 Å². The van der Waals surface area contributed by atoms with Gasteiger partial charge < -0.3 is 4.90 Å². The SMILES string of the molecule is Cc1cc2c(cc1-c1ccc(N(c3ccc(-c4cc5c(cc4C)C(C)(C)CCC5(C)C)cc3)c3ccc(-c4cc5ccccc5c5ccccc45)cc3)cc1)C(C)(C)CCC2(C)C. The zero-order valence-corrected chi connectivity index (χ0v) is 39.2. The highest BCUT2D eigenvalue weighted by Crippen LogP contribution is 2.50. The third-order valence-corrected chi connectivity index (χ3v) is 15.5. The first-order chi connectivity index (χ1) is 30.0. The van der Waals surface area contributed by atoms with Crippen LogP contribution in [0.4, 0.5) is 17.1 Å². The third kappa shape index (κ3) is 7.09. The van der Waals surface area contributed by atoms with Gasteiger partial charge in [0.15, 0.2) is 0 Å². The average molecular weight is 822 g/mol. The van der Waals surface area contributed by atoms with Crippen molar-refractivity contribution in [2.75, 3.05) is 4.90 Å². The van der Waals surface area contributed by atoms with Crippen LogP contribution >= 0.6 is 0 Å². The summed E-state index contributed by atoms with van der Waals surface area (Å²) in [6, 6.07) is 57.8. The number of fused-ring (bicyclic) bond motifs is 5. The molecule has 1 nitrogen and oxygen atoms in total. The molecule has 0 N–H and O–H groups in total. The zero-order valence-electron chi connectivity index (χ0n) is 39.2. The van der Waals surface area contributed by atoms with E-state index in [2.05, 4.69) is 226 Å². The fourth-order valence-electron chi connectivity index (χ4n) is 11.2. The molecule has 0 fully saturated rings. The molecule has 0 amide bonds. The lowest BCUT2D eigenvalue weighted by atomic mass is 9.62. The lowest BCUT2D eigenvalue weighted by molar-refractivity contribution is 0.332. The Hall–Kier alpha value is -5.92. The highest BCUT2D eigenvalue weighted by atomic mass is 15.1. The molecule has 0 saturated carbocycles. The molecule has 0 heterocycles. The van der Waals surface area contributed by atoms with Crippen molar-refractivity contribution < 1.29 is 0 Å². The van der Waals surface area contributed by atoms with Gasteiger partial charge >= 0.3 is 0 Å². The number of anilines is 3. The minimum atomic E-state index is 0.159. The molecule has 1 heteroatoms. The Morgan fingerprint density at radius 2 is 0.667 bits per heavy atom. The van der Waals surface area contributed by atoms with Crippen molar-refractivity contribution >= 4 is 38.6 Å². The molecule has 0 bridgehead atoms. The summed E-state index contributed by atoms with van der Waals surface area (Å²) in [7, 11) is 0. The van der Waals surface area contributed by atoms with Gasteiger partial charge in [0.1, 0.15) is 0 Å². The summed E-state index contributed by atoms with van der Waals surface area (Å²) in [6.45, 7) is 24.0. The van der Waals surface area contributed by atoms with Crippen LogP contribution in [0.15, 0.2) is 152 Å². The lowest BCUT2D eigenvalue weighted by Gasteiger charge is -2.42. The standard InChI is InChI=1S/C62H63N/c1-40-35-55-57(61(7,8)33-31-59(55,3)4)38-52(40)42-19-25-46(26-20-42)63(47-27-21-43(22-28-47)53-39-58-56(36-41(53)2)60(5,6)32-34-62(58,9)10)48-29-23-44(24-30-48)54-37-45-15-11-12-16-49(45)50-17-13-14-18-51(50)54/h11-30,35-39H,31-34H2,1-10H3. The van der Waals surface area contributed by atoms with Gasteiger partial charge in [-0.05, 0) is 192 Å². The summed E-state index contributed by atoms with van der Waals surface area (Å²) in [4.78, 5) is 2.42. The molecule has 2 aliphatic rings. The van der Waals surface area contributed by atoms with Gasteiger partial charge in [0.2, 0.25) is 0 Å². The van der Waals surface area contributed by atoms with Gasteiger partial charge in [-0.1, -0.05) is 165 Å². The van der Waals surface area contributed by atoms with E-state index >= 15 is 0 Å². The molecule has 316 valence electrons. The van der Waals surface area contributed by atoms with E-state index in [-0.39, 0.29) is 21.7 Å². The molecule has 8 aromatic carbocycles. The molecule has 0 unspecified atom stereocenters. The molecular weight excluding hydrogens is 759 g/mol. The van der Waals surface area contributed by atoms with Gasteiger partial charge in [-0.25, -0.2) is 0 Å². The number of rotatable bonds is 6. The van der Waals surface area contributed by atoms with Crippen LogP contribution in [0.25, 0.3) is 54.9 Å². The maximum atomic E-state index is 2.51. The molecule has 2 aliphatic carbocycles. The fraction of sp³-hybridized carbons (Fsp3) is 0.290.